The molecule has 0 aromatic heterocycles. The molecule has 0 radical (unpaired) electrons. The van der Waals surface area contributed by atoms with Crippen molar-refractivity contribution in [2.24, 2.45) is 11.1 Å². The van der Waals surface area contributed by atoms with Crippen LogP contribution in [0.3, 0.4) is 0 Å². The zero-order chi connectivity index (χ0) is 15.5. The molecular weight excluding hydrogens is 304 g/mol. The minimum Gasteiger partial charge on any atom is -0.346 e. The molecule has 2 aliphatic rings. The van der Waals surface area contributed by atoms with Crippen molar-refractivity contribution in [2.45, 2.75) is 39.2 Å². The van der Waals surface area contributed by atoms with Crippen LogP contribution in [0.4, 0.5) is 0 Å². The summed E-state index contributed by atoms with van der Waals surface area (Å²) in [5.74, 6) is -0.0457. The van der Waals surface area contributed by atoms with Gasteiger partial charge < -0.3 is 16.0 Å². The summed E-state index contributed by atoms with van der Waals surface area (Å²) in [6, 6.07) is 0.188. The fraction of sp³-hybridized carbons (Fsp3) is 0.867. The van der Waals surface area contributed by atoms with Crippen LogP contribution in [-0.2, 0) is 9.59 Å². The second kappa shape index (κ2) is 8.13. The van der Waals surface area contributed by atoms with E-state index in [0.717, 1.165) is 45.4 Å². The van der Waals surface area contributed by atoms with Gasteiger partial charge in [0.15, 0.2) is 0 Å². The Morgan fingerprint density at radius 3 is 2.45 bits per heavy atom. The van der Waals surface area contributed by atoms with E-state index in [1.807, 2.05) is 4.90 Å². The summed E-state index contributed by atoms with van der Waals surface area (Å²) in [5, 5.41) is 2.74. The normalized spacial score (nSPS) is 24.7. The third-order valence-electron chi connectivity index (χ3n) is 4.65. The Bertz CT molecular complexity index is 397. The molecule has 7 heteroatoms. The first-order chi connectivity index (χ1) is 9.88. The molecule has 0 aliphatic carbocycles. The Morgan fingerprint density at radius 1 is 1.23 bits per heavy atom. The van der Waals surface area contributed by atoms with E-state index in [4.69, 9.17) is 5.73 Å². The van der Waals surface area contributed by atoms with Crippen molar-refractivity contribution < 1.29 is 9.59 Å². The van der Waals surface area contributed by atoms with Gasteiger partial charge in [-0.25, -0.2) is 0 Å². The molecule has 0 saturated carbocycles. The maximum absolute atomic E-state index is 12.0. The van der Waals surface area contributed by atoms with Crippen LogP contribution >= 0.6 is 12.4 Å². The Morgan fingerprint density at radius 2 is 1.86 bits per heavy atom. The Labute approximate surface area is 139 Å². The molecule has 2 fully saturated rings. The van der Waals surface area contributed by atoms with Crippen LogP contribution in [-0.4, -0.2) is 66.9 Å². The number of halogens is 1. The fourth-order valence-electron chi connectivity index (χ4n) is 3.13. The lowest BCUT2D eigenvalue weighted by atomic mass is 9.80. The van der Waals surface area contributed by atoms with Gasteiger partial charge in [0, 0.05) is 32.2 Å². The lowest BCUT2D eigenvalue weighted by Crippen LogP contribution is -2.54. The van der Waals surface area contributed by atoms with Gasteiger partial charge in [-0.2, -0.15) is 0 Å². The molecule has 2 saturated heterocycles. The van der Waals surface area contributed by atoms with Crippen LogP contribution in [0.5, 0.6) is 0 Å². The molecule has 22 heavy (non-hydrogen) atoms. The van der Waals surface area contributed by atoms with Gasteiger partial charge in [-0.1, -0.05) is 13.8 Å². The van der Waals surface area contributed by atoms with Gasteiger partial charge in [0.25, 0.3) is 0 Å². The summed E-state index contributed by atoms with van der Waals surface area (Å²) in [6.45, 7) is 8.07. The number of nitrogens with one attached hydrogen (secondary N) is 1. The molecule has 0 spiro atoms. The maximum Gasteiger partial charge on any atom is 0.241 e. The smallest absolute Gasteiger partial charge is 0.241 e. The molecule has 2 heterocycles. The summed E-state index contributed by atoms with van der Waals surface area (Å²) in [6.07, 6.45) is 3.05. The summed E-state index contributed by atoms with van der Waals surface area (Å²) >= 11 is 0. The third kappa shape index (κ3) is 5.11. The van der Waals surface area contributed by atoms with Crippen LogP contribution in [0, 0.1) is 5.41 Å². The average molecular weight is 333 g/mol. The number of amides is 2. The van der Waals surface area contributed by atoms with E-state index in [1.54, 1.807) is 0 Å². The van der Waals surface area contributed by atoms with Crippen molar-refractivity contribution in [3.05, 3.63) is 0 Å². The number of hydrogen-bond acceptors (Lipinski definition) is 4. The summed E-state index contributed by atoms with van der Waals surface area (Å²) in [5.41, 5.74) is 6.13. The second-order valence-corrected chi connectivity index (χ2v) is 6.96. The van der Waals surface area contributed by atoms with Gasteiger partial charge in [-0.05, 0) is 24.7 Å². The number of nitrogens with two attached hydrogens (primary N) is 1. The molecule has 0 aromatic rings. The number of rotatable bonds is 4. The van der Waals surface area contributed by atoms with Gasteiger partial charge >= 0.3 is 0 Å². The minimum absolute atomic E-state index is 0. The molecule has 2 aliphatic heterocycles. The molecule has 1 atom stereocenters. The number of likely N-dealkylation sites (tertiary alicyclic amines) is 2. The quantitative estimate of drug-likeness (QED) is 0.771. The van der Waals surface area contributed by atoms with E-state index in [-0.39, 0.29) is 42.2 Å². The Kier molecular flexibility index (Phi) is 7.09. The lowest BCUT2D eigenvalue weighted by molar-refractivity contribution is -0.132. The number of nitrogens with zero attached hydrogens (tertiary/aromatic N) is 2. The van der Waals surface area contributed by atoms with Gasteiger partial charge in [0.05, 0.1) is 13.1 Å². The summed E-state index contributed by atoms with van der Waals surface area (Å²) in [7, 11) is 0. The van der Waals surface area contributed by atoms with Crippen LogP contribution < -0.4 is 11.1 Å². The van der Waals surface area contributed by atoms with E-state index in [1.165, 1.54) is 0 Å². The Hall–Kier alpha value is -0.850. The van der Waals surface area contributed by atoms with E-state index < -0.39 is 0 Å². The number of piperidine rings is 1. The van der Waals surface area contributed by atoms with Crippen molar-refractivity contribution in [3.63, 3.8) is 0 Å². The minimum atomic E-state index is -0.0752. The first-order valence-electron chi connectivity index (χ1n) is 7.91. The molecular formula is C15H29ClN4O2. The highest BCUT2D eigenvalue weighted by Gasteiger charge is 2.33. The second-order valence-electron chi connectivity index (χ2n) is 6.96. The van der Waals surface area contributed by atoms with Crippen molar-refractivity contribution >= 4 is 24.2 Å². The van der Waals surface area contributed by atoms with E-state index in [9.17, 15) is 9.59 Å². The lowest BCUT2D eigenvalue weighted by Gasteiger charge is -2.42. The molecule has 128 valence electrons. The number of carbonyl (C=O) groups is 2. The predicted octanol–water partition coefficient (Wildman–Crippen LogP) is 0.206. The highest BCUT2D eigenvalue weighted by atomic mass is 35.5. The maximum atomic E-state index is 12.0. The summed E-state index contributed by atoms with van der Waals surface area (Å²) in [4.78, 5) is 27.8. The number of carbonyl (C=O) groups excluding carboxylic acids is 2. The zero-order valence-electron chi connectivity index (χ0n) is 13.6. The molecule has 0 aromatic carbocycles. The first-order valence-corrected chi connectivity index (χ1v) is 7.91. The van der Waals surface area contributed by atoms with Crippen molar-refractivity contribution in [3.8, 4) is 0 Å². The summed E-state index contributed by atoms with van der Waals surface area (Å²) < 4.78 is 0. The molecule has 2 amide bonds. The molecule has 3 N–H and O–H groups in total. The van der Waals surface area contributed by atoms with E-state index in [2.05, 4.69) is 24.1 Å². The molecule has 1 unspecified atom stereocenters. The van der Waals surface area contributed by atoms with Crippen LogP contribution in [0.15, 0.2) is 0 Å². The van der Waals surface area contributed by atoms with Crippen LogP contribution in [0.2, 0.25) is 0 Å². The number of hydrogen-bond donors (Lipinski definition) is 2. The molecule has 0 bridgehead atoms. The van der Waals surface area contributed by atoms with Crippen molar-refractivity contribution in [2.75, 3.05) is 39.3 Å². The highest BCUT2D eigenvalue weighted by Crippen LogP contribution is 2.27. The SMILES string of the molecule is CC1(C)CN(CC(=O)NCC(=O)N2CCCC2)CCC1N.Cl. The van der Waals surface area contributed by atoms with Gasteiger partial charge in [-0.3, -0.25) is 14.5 Å². The van der Waals surface area contributed by atoms with E-state index in [0.29, 0.717) is 6.54 Å². The predicted molar refractivity (Wildman–Crippen MR) is 88.9 cm³/mol. The van der Waals surface area contributed by atoms with Crippen LogP contribution in [0.25, 0.3) is 0 Å². The average Bonchev–Trinajstić information content (AvgIpc) is 2.94. The van der Waals surface area contributed by atoms with Gasteiger partial charge in [0.2, 0.25) is 11.8 Å². The fourth-order valence-corrected chi connectivity index (χ4v) is 3.13. The zero-order valence-corrected chi connectivity index (χ0v) is 14.5. The first kappa shape index (κ1) is 19.2. The Balaban J connectivity index is 0.00000242. The van der Waals surface area contributed by atoms with Crippen molar-refractivity contribution in [1.29, 1.82) is 0 Å². The van der Waals surface area contributed by atoms with E-state index >= 15 is 0 Å². The topological polar surface area (TPSA) is 78.7 Å². The van der Waals surface area contributed by atoms with Crippen molar-refractivity contribution in [1.82, 2.24) is 15.1 Å². The third-order valence-corrected chi connectivity index (χ3v) is 4.65. The molecule has 6 nitrogen and oxygen atoms in total. The monoisotopic (exact) mass is 332 g/mol. The standard InChI is InChI=1S/C15H28N4O2.ClH/c1-15(2)11-18(8-5-12(15)16)10-13(20)17-9-14(21)19-6-3-4-7-19;/h12H,3-11,16H2,1-2H3,(H,17,20);1H. The largest absolute Gasteiger partial charge is 0.346 e. The highest BCUT2D eigenvalue weighted by molar-refractivity contribution is 5.86. The van der Waals surface area contributed by atoms with Gasteiger partial charge in [0.1, 0.15) is 0 Å². The van der Waals surface area contributed by atoms with Crippen LogP contribution in [0.1, 0.15) is 33.1 Å². The van der Waals surface area contributed by atoms with Gasteiger partial charge in [-0.15, -0.1) is 12.4 Å². The molecule has 2 rings (SSSR count).